The highest BCUT2D eigenvalue weighted by atomic mass is 31.2. The van der Waals surface area contributed by atoms with E-state index in [1.165, 1.54) is 96.3 Å². The molecule has 344 valence electrons. The van der Waals surface area contributed by atoms with E-state index in [0.29, 0.717) is 32.1 Å². The molecule has 0 heterocycles. The molecule has 0 aromatic rings. The lowest BCUT2D eigenvalue weighted by molar-refractivity contribution is -0.161. The molecule has 0 fully saturated rings. The van der Waals surface area contributed by atoms with Gasteiger partial charge < -0.3 is 29.7 Å². The Morgan fingerprint density at radius 3 is 1.85 bits per heavy atom. The zero-order chi connectivity index (χ0) is 43.7. The molecule has 59 heavy (non-hydrogen) atoms. The van der Waals surface area contributed by atoms with Crippen molar-refractivity contribution in [2.75, 3.05) is 26.4 Å². The van der Waals surface area contributed by atoms with E-state index in [-0.39, 0.29) is 19.4 Å². The molecule has 0 amide bonds. The molecular formula is C47H85O11P. The summed E-state index contributed by atoms with van der Waals surface area (Å²) in [6, 6.07) is 0. The third-order valence-corrected chi connectivity index (χ3v) is 11.1. The van der Waals surface area contributed by atoms with Gasteiger partial charge >= 0.3 is 19.8 Å². The lowest BCUT2D eigenvalue weighted by atomic mass is 9.99. The van der Waals surface area contributed by atoms with Gasteiger partial charge in [-0.05, 0) is 50.9 Å². The van der Waals surface area contributed by atoms with Gasteiger partial charge in [0.15, 0.2) is 6.10 Å². The monoisotopic (exact) mass is 857 g/mol. The average Bonchev–Trinajstić information content (AvgIpc) is 3.22. The maximum Gasteiger partial charge on any atom is 0.472 e. The summed E-state index contributed by atoms with van der Waals surface area (Å²) < 4.78 is 32.7. The third kappa shape index (κ3) is 41.0. The molecule has 12 heteroatoms. The number of allylic oxidation sites excluding steroid dienone is 6. The predicted octanol–water partition coefficient (Wildman–Crippen LogP) is 11.3. The van der Waals surface area contributed by atoms with Crippen molar-refractivity contribution >= 4 is 19.8 Å². The lowest BCUT2D eigenvalue weighted by Crippen LogP contribution is -2.29. The van der Waals surface area contributed by atoms with Crippen LogP contribution >= 0.6 is 7.82 Å². The zero-order valence-electron chi connectivity index (χ0n) is 37.2. The minimum Gasteiger partial charge on any atom is -0.462 e. The van der Waals surface area contributed by atoms with Crippen LogP contribution < -0.4 is 0 Å². The number of unbranched alkanes of at least 4 members (excludes halogenated alkanes) is 17. The Hall–Kier alpha value is -2.11. The van der Waals surface area contributed by atoms with Gasteiger partial charge in [-0.1, -0.05) is 179 Å². The maximum absolute atomic E-state index is 12.6. The highest BCUT2D eigenvalue weighted by molar-refractivity contribution is 7.47. The fourth-order valence-electron chi connectivity index (χ4n) is 6.10. The number of carbonyl (C=O) groups is 2. The maximum atomic E-state index is 12.6. The molecule has 0 bridgehead atoms. The van der Waals surface area contributed by atoms with Gasteiger partial charge in [0.25, 0.3) is 0 Å². The number of phosphoric acid groups is 1. The van der Waals surface area contributed by atoms with Crippen molar-refractivity contribution < 1.29 is 52.9 Å². The topological polar surface area (TPSA) is 169 Å². The van der Waals surface area contributed by atoms with E-state index >= 15 is 0 Å². The predicted molar refractivity (Wildman–Crippen MR) is 239 cm³/mol. The first-order valence-electron chi connectivity index (χ1n) is 23.1. The van der Waals surface area contributed by atoms with Gasteiger partial charge in [-0.25, -0.2) is 4.57 Å². The summed E-state index contributed by atoms with van der Waals surface area (Å²) in [5.74, 6) is -0.158. The number of carbonyl (C=O) groups excluding carboxylic acids is 2. The van der Waals surface area contributed by atoms with Crippen molar-refractivity contribution in [2.24, 2.45) is 5.92 Å². The Morgan fingerprint density at radius 1 is 0.644 bits per heavy atom. The Kier molecular flexibility index (Phi) is 39.8. The van der Waals surface area contributed by atoms with Gasteiger partial charge in [0.2, 0.25) is 0 Å². The summed E-state index contributed by atoms with van der Waals surface area (Å²) >= 11 is 0. The molecule has 0 radical (unpaired) electrons. The number of ether oxygens (including phenoxy) is 2. The lowest BCUT2D eigenvalue weighted by Gasteiger charge is -2.20. The van der Waals surface area contributed by atoms with Crippen LogP contribution in [-0.2, 0) is 32.7 Å². The molecule has 0 saturated carbocycles. The summed E-state index contributed by atoms with van der Waals surface area (Å²) in [5.41, 5.74) is 0. The number of hydrogen-bond acceptors (Lipinski definition) is 10. The van der Waals surface area contributed by atoms with Crippen LogP contribution in [0.5, 0.6) is 0 Å². The average molecular weight is 857 g/mol. The molecular weight excluding hydrogens is 771 g/mol. The zero-order valence-corrected chi connectivity index (χ0v) is 38.1. The molecule has 0 aliphatic carbocycles. The first-order chi connectivity index (χ1) is 28.5. The first-order valence-corrected chi connectivity index (χ1v) is 24.6. The Bertz CT molecular complexity index is 1150. The van der Waals surface area contributed by atoms with Crippen molar-refractivity contribution in [2.45, 2.75) is 206 Å². The van der Waals surface area contributed by atoms with E-state index in [0.717, 1.165) is 31.6 Å². The molecule has 0 rings (SSSR count). The van der Waals surface area contributed by atoms with E-state index in [9.17, 15) is 29.3 Å². The second kappa shape index (κ2) is 41.3. The van der Waals surface area contributed by atoms with Crippen LogP contribution in [0.4, 0.5) is 0 Å². The van der Waals surface area contributed by atoms with Crippen LogP contribution in [0, 0.1) is 5.92 Å². The molecule has 4 N–H and O–H groups in total. The fraction of sp³-hybridized carbons (Fsp3) is 0.787. The first kappa shape index (κ1) is 56.9. The summed E-state index contributed by atoms with van der Waals surface area (Å²) in [4.78, 5) is 35.0. The molecule has 0 aliphatic rings. The molecule has 0 spiro atoms. The van der Waals surface area contributed by atoms with Gasteiger partial charge in [-0.3, -0.25) is 18.6 Å². The van der Waals surface area contributed by atoms with Crippen LogP contribution in [0.25, 0.3) is 0 Å². The van der Waals surface area contributed by atoms with Crippen LogP contribution in [0.1, 0.15) is 188 Å². The van der Waals surface area contributed by atoms with Crippen molar-refractivity contribution in [1.82, 2.24) is 0 Å². The molecule has 2 unspecified atom stereocenters. The van der Waals surface area contributed by atoms with Crippen LogP contribution in [-0.4, -0.2) is 76.9 Å². The van der Waals surface area contributed by atoms with Gasteiger partial charge in [-0.15, -0.1) is 0 Å². The molecule has 5 atom stereocenters. The van der Waals surface area contributed by atoms with Gasteiger partial charge in [0.05, 0.1) is 25.9 Å². The van der Waals surface area contributed by atoms with Crippen molar-refractivity contribution in [3.8, 4) is 0 Å². The van der Waals surface area contributed by atoms with E-state index in [2.05, 4.69) is 31.4 Å². The van der Waals surface area contributed by atoms with E-state index in [1.807, 2.05) is 36.5 Å². The Labute approximate surface area is 358 Å². The number of hydrogen-bond donors (Lipinski definition) is 4. The summed E-state index contributed by atoms with van der Waals surface area (Å²) in [7, 11) is -4.65. The van der Waals surface area contributed by atoms with E-state index < -0.39 is 57.9 Å². The smallest absolute Gasteiger partial charge is 0.462 e. The van der Waals surface area contributed by atoms with Gasteiger partial charge in [0.1, 0.15) is 12.7 Å². The third-order valence-electron chi connectivity index (χ3n) is 10.1. The van der Waals surface area contributed by atoms with Crippen molar-refractivity contribution in [3.63, 3.8) is 0 Å². The highest BCUT2D eigenvalue weighted by Crippen LogP contribution is 2.43. The minimum absolute atomic E-state index is 0.0764. The van der Waals surface area contributed by atoms with Crippen LogP contribution in [0.3, 0.4) is 0 Å². The molecule has 0 aromatic heterocycles. The van der Waals surface area contributed by atoms with Crippen LogP contribution in [0.15, 0.2) is 48.6 Å². The summed E-state index contributed by atoms with van der Waals surface area (Å²) in [6.07, 6.45) is 39.6. The fourth-order valence-corrected chi connectivity index (χ4v) is 6.89. The van der Waals surface area contributed by atoms with Gasteiger partial charge in [0, 0.05) is 12.8 Å². The second-order valence-electron chi connectivity index (χ2n) is 15.9. The normalized spacial score (nSPS) is 15.3. The second-order valence-corrected chi connectivity index (χ2v) is 17.3. The number of phosphoric ester groups is 1. The van der Waals surface area contributed by atoms with Crippen molar-refractivity contribution in [1.29, 1.82) is 0 Å². The minimum atomic E-state index is -4.65. The molecule has 0 aromatic carbocycles. The molecule has 0 aliphatic heterocycles. The molecule has 0 saturated heterocycles. The SMILES string of the molecule is CCCCC/C=C\C[C@H](O)/C=C/C=C\C/C=C\CCCC(=O)O[C@H](COC(=O)CCCCCCCCCCCCCCCCC(C)CC)COP(=O)(O)OC[C@@H](O)CO. The number of esters is 2. The van der Waals surface area contributed by atoms with Crippen molar-refractivity contribution in [3.05, 3.63) is 48.6 Å². The van der Waals surface area contributed by atoms with E-state index in [1.54, 1.807) is 6.08 Å². The highest BCUT2D eigenvalue weighted by Gasteiger charge is 2.27. The largest absolute Gasteiger partial charge is 0.472 e. The standard InChI is InChI=1S/C47H85O11P/c1-4-6-7-8-24-29-34-43(49)35-30-25-20-17-18-22-27-32-37-47(52)58-45(41-57-59(53,54)56-39-44(50)38-48)40-55-46(51)36-31-26-21-16-14-12-10-9-11-13-15-19-23-28-33-42(3)5-2/h18,20,22,24-25,29-30,35,42-45,48-50H,4-17,19,21,23,26-28,31-34,36-41H2,1-3H3,(H,53,54)/b22-18-,25-20-,29-24-,35-30+/t42?,43-,44-,45+/m0/s1. The van der Waals surface area contributed by atoms with Gasteiger partial charge in [-0.2, -0.15) is 0 Å². The number of aliphatic hydroxyl groups excluding tert-OH is 3. The summed E-state index contributed by atoms with van der Waals surface area (Å²) in [5, 5.41) is 28.4. The number of aliphatic hydroxyl groups is 3. The van der Waals surface area contributed by atoms with Crippen LogP contribution in [0.2, 0.25) is 0 Å². The Morgan fingerprint density at radius 2 is 1.22 bits per heavy atom. The number of rotatable bonds is 42. The quantitative estimate of drug-likeness (QED) is 0.0151. The Balaban J connectivity index is 4.40. The summed E-state index contributed by atoms with van der Waals surface area (Å²) in [6.45, 7) is 4.58. The van der Waals surface area contributed by atoms with E-state index in [4.69, 9.17) is 19.1 Å². The molecule has 11 nitrogen and oxygen atoms in total.